The summed E-state index contributed by atoms with van der Waals surface area (Å²) in [5.41, 5.74) is 0. The second-order valence-corrected chi connectivity index (χ2v) is 1.84. The molecule has 0 aliphatic carbocycles. The Hall–Kier alpha value is -1.19. The third kappa shape index (κ3) is 1.45. The van der Waals surface area contributed by atoms with Gasteiger partial charge in [-0.3, -0.25) is 0 Å². The summed E-state index contributed by atoms with van der Waals surface area (Å²) in [7, 11) is 2.86. The number of benzene rings is 1. The molecule has 0 fully saturated rings. The Morgan fingerprint density at radius 1 is 1.00 bits per heavy atom. The van der Waals surface area contributed by atoms with Crippen LogP contribution in [0.1, 0.15) is 0 Å². The average Bonchev–Trinajstić information content (AvgIpc) is 1.97. The lowest BCUT2D eigenvalue weighted by Gasteiger charge is -2.00. The van der Waals surface area contributed by atoms with Crippen molar-refractivity contribution in [2.75, 3.05) is 0 Å². The van der Waals surface area contributed by atoms with Crippen molar-refractivity contribution in [2.24, 2.45) is 0 Å². The third-order valence-corrected chi connectivity index (χ3v) is 1.13. The molecule has 0 unspecified atom stereocenters. The van der Waals surface area contributed by atoms with Gasteiger partial charge in [0.25, 0.3) is 0 Å². The lowest BCUT2D eigenvalue weighted by Crippen LogP contribution is -1.90. The Kier molecular flexibility index (Phi) is 2.03. The van der Waals surface area contributed by atoms with Crippen molar-refractivity contribution in [3.63, 3.8) is 0 Å². The van der Waals surface area contributed by atoms with Crippen LogP contribution in [0.4, 0.5) is 13.2 Å². The molecule has 4 heteroatoms. The summed E-state index contributed by atoms with van der Waals surface area (Å²) in [6.07, 6.45) is 0. The first-order valence-electron chi connectivity index (χ1n) is 2.71. The topological polar surface area (TPSA) is 9.23 Å². The van der Waals surface area contributed by atoms with Crippen LogP contribution in [0.2, 0.25) is 0 Å². The van der Waals surface area contributed by atoms with Crippen molar-refractivity contribution in [3.05, 3.63) is 36.7 Å². The Morgan fingerprint density at radius 3 is 2.09 bits per heavy atom. The van der Waals surface area contributed by atoms with Crippen molar-refractivity contribution in [2.45, 2.75) is 0 Å². The Bertz CT molecular complexity index is 273. The second-order valence-electron chi connectivity index (χ2n) is 1.84. The third-order valence-electron chi connectivity index (χ3n) is 1.13. The van der Waals surface area contributed by atoms with E-state index in [9.17, 15) is 13.2 Å². The lowest BCUT2D eigenvalue weighted by molar-refractivity contribution is 0.415. The number of ether oxygens (including phenoxy) is 1. The molecule has 0 aliphatic heterocycles. The molecule has 59 valence electrons. The number of hydrogen-bond acceptors (Lipinski definition) is 1. The number of rotatable bonds is 1. The zero-order valence-electron chi connectivity index (χ0n) is 5.40. The summed E-state index contributed by atoms with van der Waals surface area (Å²) in [6.45, 7) is 0. The molecule has 0 saturated heterocycles. The Labute approximate surface area is 61.4 Å². The van der Waals surface area contributed by atoms with E-state index in [-0.39, 0.29) is 0 Å². The summed E-state index contributed by atoms with van der Waals surface area (Å²) in [5, 5.41) is 0. The van der Waals surface area contributed by atoms with Gasteiger partial charge in [0.05, 0.1) is 0 Å². The predicted molar refractivity (Wildman–Crippen MR) is 32.3 cm³/mol. The van der Waals surface area contributed by atoms with Gasteiger partial charge in [0.15, 0.2) is 23.2 Å². The first kappa shape index (κ1) is 7.91. The van der Waals surface area contributed by atoms with Gasteiger partial charge in [-0.05, 0) is 0 Å². The minimum absolute atomic E-state index is 0.399. The standard InChI is InChI=1S/C7H4F3O/c1-11-7-3-5(9)4(8)2-6(7)10/h2-3H,1H2. The molecule has 1 aromatic carbocycles. The summed E-state index contributed by atoms with van der Waals surface area (Å²) >= 11 is 0. The molecule has 1 radical (unpaired) electrons. The van der Waals surface area contributed by atoms with Crippen LogP contribution in [0.3, 0.4) is 0 Å². The molecule has 1 nitrogen and oxygen atoms in total. The van der Waals surface area contributed by atoms with E-state index in [0.29, 0.717) is 12.1 Å². The largest absolute Gasteiger partial charge is 0.487 e. The fourth-order valence-electron chi connectivity index (χ4n) is 0.615. The van der Waals surface area contributed by atoms with Crippen LogP contribution in [0.5, 0.6) is 5.75 Å². The first-order valence-corrected chi connectivity index (χ1v) is 2.71. The fourth-order valence-corrected chi connectivity index (χ4v) is 0.615. The lowest BCUT2D eigenvalue weighted by atomic mass is 10.3. The van der Waals surface area contributed by atoms with Crippen LogP contribution in [0.15, 0.2) is 12.1 Å². The first-order chi connectivity index (χ1) is 5.15. The zero-order valence-corrected chi connectivity index (χ0v) is 5.40. The molecule has 0 spiro atoms. The minimum Gasteiger partial charge on any atom is -0.487 e. The van der Waals surface area contributed by atoms with Crippen molar-refractivity contribution in [1.29, 1.82) is 0 Å². The zero-order chi connectivity index (χ0) is 8.43. The van der Waals surface area contributed by atoms with Crippen molar-refractivity contribution >= 4 is 0 Å². The number of halogens is 3. The summed E-state index contributed by atoms with van der Waals surface area (Å²) < 4.78 is 41.1. The molecule has 0 amide bonds. The number of hydrogen-bond donors (Lipinski definition) is 0. The molecular weight excluding hydrogens is 157 g/mol. The maximum Gasteiger partial charge on any atom is 0.168 e. The van der Waals surface area contributed by atoms with Gasteiger partial charge < -0.3 is 4.74 Å². The van der Waals surface area contributed by atoms with E-state index in [4.69, 9.17) is 0 Å². The highest BCUT2D eigenvalue weighted by Crippen LogP contribution is 2.19. The van der Waals surface area contributed by atoms with E-state index in [1.807, 2.05) is 0 Å². The molecule has 0 aliphatic rings. The Balaban J connectivity index is 3.21. The van der Waals surface area contributed by atoms with Gasteiger partial charge >= 0.3 is 0 Å². The van der Waals surface area contributed by atoms with Gasteiger partial charge in [-0.2, -0.15) is 0 Å². The van der Waals surface area contributed by atoms with Crippen LogP contribution in [0, 0.1) is 24.6 Å². The van der Waals surface area contributed by atoms with E-state index >= 15 is 0 Å². The highest BCUT2D eigenvalue weighted by atomic mass is 19.2. The van der Waals surface area contributed by atoms with Crippen LogP contribution in [0.25, 0.3) is 0 Å². The molecular formula is C7H4F3O. The molecule has 0 heterocycles. The summed E-state index contributed by atoms with van der Waals surface area (Å²) in [6, 6.07) is 0.994. The van der Waals surface area contributed by atoms with Crippen LogP contribution in [-0.2, 0) is 0 Å². The van der Waals surface area contributed by atoms with E-state index in [1.54, 1.807) is 0 Å². The molecule has 0 atom stereocenters. The maximum atomic E-state index is 12.5. The molecule has 0 N–H and O–H groups in total. The normalized spacial score (nSPS) is 9.82. The SMILES string of the molecule is [CH2]Oc1cc(F)c(F)cc1F. The van der Waals surface area contributed by atoms with Gasteiger partial charge in [0.2, 0.25) is 0 Å². The average molecular weight is 161 g/mol. The molecule has 0 aromatic heterocycles. The summed E-state index contributed by atoms with van der Waals surface area (Å²) in [4.78, 5) is 0. The molecule has 0 bridgehead atoms. The quantitative estimate of drug-likeness (QED) is 0.574. The summed E-state index contributed by atoms with van der Waals surface area (Å²) in [5.74, 6) is -3.80. The van der Waals surface area contributed by atoms with E-state index < -0.39 is 23.2 Å². The molecule has 11 heavy (non-hydrogen) atoms. The van der Waals surface area contributed by atoms with Gasteiger partial charge in [0, 0.05) is 12.1 Å². The van der Waals surface area contributed by atoms with Gasteiger partial charge in [0.1, 0.15) is 7.11 Å². The van der Waals surface area contributed by atoms with Crippen molar-refractivity contribution < 1.29 is 17.9 Å². The molecule has 1 aromatic rings. The van der Waals surface area contributed by atoms with E-state index in [2.05, 4.69) is 11.8 Å². The molecule has 1 rings (SSSR count). The minimum atomic E-state index is -1.25. The van der Waals surface area contributed by atoms with Crippen molar-refractivity contribution in [1.82, 2.24) is 0 Å². The van der Waals surface area contributed by atoms with E-state index in [1.165, 1.54) is 0 Å². The maximum absolute atomic E-state index is 12.5. The van der Waals surface area contributed by atoms with Gasteiger partial charge in [-0.15, -0.1) is 0 Å². The van der Waals surface area contributed by atoms with Crippen LogP contribution < -0.4 is 4.74 Å². The van der Waals surface area contributed by atoms with Crippen LogP contribution in [-0.4, -0.2) is 0 Å². The highest BCUT2D eigenvalue weighted by molar-refractivity contribution is 5.25. The highest BCUT2D eigenvalue weighted by Gasteiger charge is 2.08. The monoisotopic (exact) mass is 161 g/mol. The smallest absolute Gasteiger partial charge is 0.168 e. The van der Waals surface area contributed by atoms with Gasteiger partial charge in [-0.1, -0.05) is 0 Å². The van der Waals surface area contributed by atoms with Crippen LogP contribution >= 0.6 is 0 Å². The van der Waals surface area contributed by atoms with E-state index in [0.717, 1.165) is 0 Å². The molecule has 0 saturated carbocycles. The second kappa shape index (κ2) is 2.82. The van der Waals surface area contributed by atoms with Gasteiger partial charge in [-0.25, -0.2) is 13.2 Å². The Morgan fingerprint density at radius 2 is 1.55 bits per heavy atom. The fraction of sp³-hybridized carbons (Fsp3) is 0. The predicted octanol–water partition coefficient (Wildman–Crippen LogP) is 2.27. The van der Waals surface area contributed by atoms with Crippen molar-refractivity contribution in [3.8, 4) is 5.75 Å².